The number of alkyl halides is 3. The second-order valence-electron chi connectivity index (χ2n) is 3.82. The van der Waals surface area contributed by atoms with Crippen molar-refractivity contribution < 1.29 is 18.0 Å². The third kappa shape index (κ3) is 3.02. The summed E-state index contributed by atoms with van der Waals surface area (Å²) < 4.78 is 39.2. The first-order valence-electron chi connectivity index (χ1n) is 5.25. The molecule has 0 atom stereocenters. The molecule has 0 aliphatic carbocycles. The number of amides is 2. The zero-order valence-electron chi connectivity index (χ0n) is 9.78. The highest BCUT2D eigenvalue weighted by Crippen LogP contribution is 2.33. The lowest BCUT2D eigenvalue weighted by atomic mass is 10.1. The Hall–Kier alpha value is -2.22. The fraction of sp³-hybridized carbons (Fsp3) is 0.0909. The van der Waals surface area contributed by atoms with Gasteiger partial charge in [0.1, 0.15) is 0 Å². The first kappa shape index (κ1) is 14.2. The predicted molar refractivity (Wildman–Crippen MR) is 66.8 cm³/mol. The SMILES string of the molecule is NC(=O)Nc1cc(C(F)(F)F)ccc1-n1cc(Cl)cn1. The number of carbonyl (C=O) groups is 1. The summed E-state index contributed by atoms with van der Waals surface area (Å²) in [7, 11) is 0. The van der Waals surface area contributed by atoms with Gasteiger partial charge in [-0.05, 0) is 18.2 Å². The Bertz CT molecular complexity index is 653. The number of anilines is 1. The van der Waals surface area contributed by atoms with E-state index in [1.54, 1.807) is 0 Å². The lowest BCUT2D eigenvalue weighted by molar-refractivity contribution is -0.137. The topological polar surface area (TPSA) is 72.9 Å². The molecular formula is C11H8ClF3N4O. The molecule has 0 aliphatic heterocycles. The monoisotopic (exact) mass is 304 g/mol. The first-order chi connectivity index (χ1) is 9.27. The average molecular weight is 305 g/mol. The number of primary amides is 1. The molecule has 0 saturated heterocycles. The van der Waals surface area contributed by atoms with Crippen LogP contribution in [-0.2, 0) is 6.18 Å². The molecule has 1 heterocycles. The predicted octanol–water partition coefficient (Wildman–Crippen LogP) is 3.04. The van der Waals surface area contributed by atoms with Gasteiger partial charge in [-0.25, -0.2) is 9.48 Å². The Morgan fingerprint density at radius 2 is 2.10 bits per heavy atom. The van der Waals surface area contributed by atoms with Crippen molar-refractivity contribution in [2.24, 2.45) is 5.73 Å². The maximum absolute atomic E-state index is 12.7. The lowest BCUT2D eigenvalue weighted by Gasteiger charge is -2.13. The number of hydrogen-bond donors (Lipinski definition) is 2. The van der Waals surface area contributed by atoms with Crippen molar-refractivity contribution in [3.05, 3.63) is 41.2 Å². The molecule has 20 heavy (non-hydrogen) atoms. The number of benzene rings is 1. The molecule has 0 fully saturated rings. The van der Waals surface area contributed by atoms with Gasteiger partial charge in [-0.1, -0.05) is 11.6 Å². The molecule has 1 aromatic heterocycles. The Morgan fingerprint density at radius 1 is 1.40 bits per heavy atom. The molecule has 1 aromatic carbocycles. The molecule has 0 bridgehead atoms. The quantitative estimate of drug-likeness (QED) is 0.895. The summed E-state index contributed by atoms with van der Waals surface area (Å²) in [5, 5.41) is 6.29. The third-order valence-electron chi connectivity index (χ3n) is 2.38. The van der Waals surface area contributed by atoms with Crippen LogP contribution in [0.15, 0.2) is 30.6 Å². The van der Waals surface area contributed by atoms with Crippen LogP contribution in [-0.4, -0.2) is 15.8 Å². The number of rotatable bonds is 2. The molecule has 0 unspecified atom stereocenters. The van der Waals surface area contributed by atoms with Gasteiger partial charge in [0.15, 0.2) is 0 Å². The largest absolute Gasteiger partial charge is 0.416 e. The highest BCUT2D eigenvalue weighted by molar-refractivity contribution is 6.30. The Morgan fingerprint density at radius 3 is 2.60 bits per heavy atom. The van der Waals surface area contributed by atoms with Crippen molar-refractivity contribution in [3.63, 3.8) is 0 Å². The normalized spacial score (nSPS) is 11.4. The van der Waals surface area contributed by atoms with Crippen molar-refractivity contribution in [1.29, 1.82) is 0 Å². The van der Waals surface area contributed by atoms with Crippen molar-refractivity contribution in [2.75, 3.05) is 5.32 Å². The zero-order valence-corrected chi connectivity index (χ0v) is 10.5. The van der Waals surface area contributed by atoms with Crippen LogP contribution >= 0.6 is 11.6 Å². The first-order valence-corrected chi connectivity index (χ1v) is 5.63. The number of nitrogens with one attached hydrogen (secondary N) is 1. The second kappa shape index (κ2) is 5.04. The van der Waals surface area contributed by atoms with E-state index in [9.17, 15) is 18.0 Å². The summed E-state index contributed by atoms with van der Waals surface area (Å²) in [5.74, 6) is 0. The van der Waals surface area contributed by atoms with E-state index in [1.165, 1.54) is 17.1 Å². The number of nitrogens with zero attached hydrogens (tertiary/aromatic N) is 2. The van der Waals surface area contributed by atoms with Crippen LogP contribution in [0.3, 0.4) is 0 Å². The molecule has 0 aliphatic rings. The van der Waals surface area contributed by atoms with Crippen LogP contribution in [0.4, 0.5) is 23.7 Å². The molecule has 3 N–H and O–H groups in total. The van der Waals surface area contributed by atoms with Crippen molar-refractivity contribution in [1.82, 2.24) is 9.78 Å². The Kier molecular flexibility index (Phi) is 3.58. The fourth-order valence-corrected chi connectivity index (χ4v) is 1.71. The fourth-order valence-electron chi connectivity index (χ4n) is 1.58. The van der Waals surface area contributed by atoms with Crippen molar-refractivity contribution in [3.8, 4) is 5.69 Å². The van der Waals surface area contributed by atoms with Gasteiger partial charge in [-0.2, -0.15) is 18.3 Å². The minimum absolute atomic E-state index is 0.118. The molecular weight excluding hydrogens is 297 g/mol. The van der Waals surface area contributed by atoms with Crippen LogP contribution in [0.25, 0.3) is 5.69 Å². The smallest absolute Gasteiger partial charge is 0.351 e. The number of nitrogens with two attached hydrogens (primary N) is 1. The van der Waals surface area contributed by atoms with Gasteiger partial charge < -0.3 is 11.1 Å². The molecule has 106 valence electrons. The molecule has 9 heteroatoms. The standard InChI is InChI=1S/C11H8ClF3N4O/c12-7-4-17-19(5-7)9-2-1-6(11(13,14)15)3-8(9)18-10(16)20/h1-5H,(H3,16,18,20). The highest BCUT2D eigenvalue weighted by atomic mass is 35.5. The number of aromatic nitrogens is 2. The van der Waals surface area contributed by atoms with E-state index in [0.29, 0.717) is 5.02 Å². The van der Waals surface area contributed by atoms with E-state index in [2.05, 4.69) is 10.4 Å². The van der Waals surface area contributed by atoms with Gasteiger partial charge in [-0.3, -0.25) is 0 Å². The van der Waals surface area contributed by atoms with Gasteiger partial charge in [-0.15, -0.1) is 0 Å². The minimum atomic E-state index is -4.53. The van der Waals surface area contributed by atoms with Gasteiger partial charge >= 0.3 is 12.2 Å². The van der Waals surface area contributed by atoms with Crippen LogP contribution < -0.4 is 11.1 Å². The molecule has 2 amide bonds. The van der Waals surface area contributed by atoms with E-state index in [-0.39, 0.29) is 11.4 Å². The molecule has 2 aromatic rings. The van der Waals surface area contributed by atoms with Crippen LogP contribution in [0.2, 0.25) is 5.02 Å². The van der Waals surface area contributed by atoms with E-state index in [0.717, 1.165) is 18.2 Å². The second-order valence-corrected chi connectivity index (χ2v) is 4.26. The summed E-state index contributed by atoms with van der Waals surface area (Å²) >= 11 is 5.70. The summed E-state index contributed by atoms with van der Waals surface area (Å²) in [4.78, 5) is 10.9. The number of carbonyl (C=O) groups excluding carboxylic acids is 1. The van der Waals surface area contributed by atoms with Crippen LogP contribution in [0, 0.1) is 0 Å². The molecule has 0 spiro atoms. The third-order valence-corrected chi connectivity index (χ3v) is 2.57. The van der Waals surface area contributed by atoms with E-state index in [4.69, 9.17) is 17.3 Å². The van der Waals surface area contributed by atoms with E-state index >= 15 is 0 Å². The molecule has 5 nitrogen and oxygen atoms in total. The summed E-state index contributed by atoms with van der Waals surface area (Å²) in [6, 6.07) is 1.83. The van der Waals surface area contributed by atoms with Gasteiger partial charge in [0.25, 0.3) is 0 Å². The van der Waals surface area contributed by atoms with E-state index < -0.39 is 17.8 Å². The van der Waals surface area contributed by atoms with Crippen LogP contribution in [0.5, 0.6) is 0 Å². The molecule has 2 rings (SSSR count). The Balaban J connectivity index is 2.53. The van der Waals surface area contributed by atoms with Crippen molar-refractivity contribution in [2.45, 2.75) is 6.18 Å². The number of urea groups is 1. The molecule has 0 saturated carbocycles. The van der Waals surface area contributed by atoms with Gasteiger partial charge in [0, 0.05) is 6.20 Å². The highest BCUT2D eigenvalue weighted by Gasteiger charge is 2.31. The minimum Gasteiger partial charge on any atom is -0.351 e. The summed E-state index contributed by atoms with van der Waals surface area (Å²) in [5.41, 5.74) is 4.13. The van der Waals surface area contributed by atoms with Gasteiger partial charge in [0.2, 0.25) is 0 Å². The van der Waals surface area contributed by atoms with Crippen LogP contribution in [0.1, 0.15) is 5.56 Å². The number of hydrogen-bond acceptors (Lipinski definition) is 2. The zero-order chi connectivity index (χ0) is 14.9. The summed E-state index contributed by atoms with van der Waals surface area (Å²) in [6.45, 7) is 0. The van der Waals surface area contributed by atoms with Gasteiger partial charge in [0.05, 0.1) is 28.2 Å². The maximum Gasteiger partial charge on any atom is 0.416 e. The van der Waals surface area contributed by atoms with E-state index in [1.807, 2.05) is 0 Å². The average Bonchev–Trinajstić information content (AvgIpc) is 2.73. The molecule has 0 radical (unpaired) electrons. The maximum atomic E-state index is 12.7. The summed E-state index contributed by atoms with van der Waals surface area (Å²) in [6.07, 6.45) is -1.84. The lowest BCUT2D eigenvalue weighted by Crippen LogP contribution is -2.21. The Labute approximate surface area is 116 Å². The number of halogens is 4. The van der Waals surface area contributed by atoms with Crippen molar-refractivity contribution >= 4 is 23.3 Å².